The van der Waals surface area contributed by atoms with Gasteiger partial charge < -0.3 is 20.0 Å². The van der Waals surface area contributed by atoms with E-state index in [1.54, 1.807) is 6.21 Å². The fourth-order valence-corrected chi connectivity index (χ4v) is 7.75. The third-order valence-corrected chi connectivity index (χ3v) is 9.71. The maximum Gasteiger partial charge on any atom is 0.129 e. The van der Waals surface area contributed by atoms with Crippen LogP contribution in [0.15, 0.2) is 16.8 Å². The Morgan fingerprint density at radius 1 is 1.10 bits per heavy atom. The molecule has 0 heterocycles. The summed E-state index contributed by atoms with van der Waals surface area (Å²) in [5.74, 6) is 1.59. The van der Waals surface area contributed by atoms with Crippen molar-refractivity contribution in [3.05, 3.63) is 11.6 Å². The molecule has 0 aliphatic heterocycles. The largest absolute Gasteiger partial charge is 0.394 e. The predicted molar refractivity (Wildman–Crippen MR) is 120 cm³/mol. The number of rotatable bonds is 5. The summed E-state index contributed by atoms with van der Waals surface area (Å²) < 4.78 is 0. The quantitative estimate of drug-likeness (QED) is 0.402. The first-order valence-electron chi connectivity index (χ1n) is 12.1. The average molecular weight is 419 g/mol. The van der Waals surface area contributed by atoms with Gasteiger partial charge in [0.25, 0.3) is 0 Å². The van der Waals surface area contributed by atoms with Crippen molar-refractivity contribution in [2.45, 2.75) is 83.3 Å². The van der Waals surface area contributed by atoms with Crippen molar-refractivity contribution in [3.63, 3.8) is 0 Å². The molecule has 0 spiro atoms. The smallest absolute Gasteiger partial charge is 0.129 e. The Bertz CT molecular complexity index is 692. The molecule has 2 N–H and O–H groups in total. The van der Waals surface area contributed by atoms with Crippen LogP contribution in [-0.2, 0) is 4.84 Å². The molecule has 0 aromatic rings. The summed E-state index contributed by atoms with van der Waals surface area (Å²) >= 11 is 0. The molecule has 0 amide bonds. The Morgan fingerprint density at radius 3 is 2.67 bits per heavy atom. The van der Waals surface area contributed by atoms with Crippen LogP contribution < -0.4 is 0 Å². The van der Waals surface area contributed by atoms with E-state index in [9.17, 15) is 10.2 Å². The molecule has 4 aliphatic rings. The zero-order valence-electron chi connectivity index (χ0n) is 19.4. The summed E-state index contributed by atoms with van der Waals surface area (Å²) in [6.45, 7) is 6.20. The molecule has 0 bridgehead atoms. The standard InChI is InChI=1S/C25H42N2O3/c1-23-11-8-20(28)17-19(23)5-6-22-21(23)9-12-24(2)18(7-13-25(22,24)29)10-14-26-30-16-15-27(3)4/h10,14,19-22,28-29H,5-9,11-13,15-17H2,1-4H3/b18-10+,26-14+/t19-,20+,21+,22-,23+,24-,25+/m1/s1. The zero-order valence-corrected chi connectivity index (χ0v) is 19.4. The minimum Gasteiger partial charge on any atom is -0.394 e. The van der Waals surface area contributed by atoms with E-state index in [1.807, 2.05) is 14.1 Å². The van der Waals surface area contributed by atoms with Gasteiger partial charge in [0, 0.05) is 12.0 Å². The van der Waals surface area contributed by atoms with Gasteiger partial charge in [0.15, 0.2) is 0 Å². The molecule has 4 saturated carbocycles. The summed E-state index contributed by atoms with van der Waals surface area (Å²) in [6.07, 6.45) is 13.1. The van der Waals surface area contributed by atoms with Crippen LogP contribution in [0.3, 0.4) is 0 Å². The van der Waals surface area contributed by atoms with Crippen LogP contribution in [0.5, 0.6) is 0 Å². The topological polar surface area (TPSA) is 65.3 Å². The van der Waals surface area contributed by atoms with E-state index in [-0.39, 0.29) is 16.9 Å². The second-order valence-electron chi connectivity index (χ2n) is 11.3. The number of aliphatic hydroxyl groups is 2. The molecule has 5 heteroatoms. The average Bonchev–Trinajstić information content (AvgIpc) is 2.96. The highest BCUT2D eigenvalue weighted by atomic mass is 16.6. The molecule has 7 atom stereocenters. The van der Waals surface area contributed by atoms with Gasteiger partial charge in [-0.1, -0.05) is 24.6 Å². The summed E-state index contributed by atoms with van der Waals surface area (Å²) in [4.78, 5) is 7.44. The van der Waals surface area contributed by atoms with Crippen molar-refractivity contribution in [3.8, 4) is 0 Å². The summed E-state index contributed by atoms with van der Waals surface area (Å²) in [7, 11) is 4.05. The van der Waals surface area contributed by atoms with Crippen LogP contribution in [-0.4, -0.2) is 60.3 Å². The molecule has 4 fully saturated rings. The Kier molecular flexibility index (Phi) is 6.10. The first kappa shape index (κ1) is 22.3. The molecule has 5 nitrogen and oxygen atoms in total. The monoisotopic (exact) mass is 418 g/mol. The van der Waals surface area contributed by atoms with E-state index in [0.29, 0.717) is 24.4 Å². The number of aliphatic hydroxyl groups excluding tert-OH is 1. The van der Waals surface area contributed by atoms with Gasteiger partial charge in [-0.15, -0.1) is 0 Å². The van der Waals surface area contributed by atoms with Crippen molar-refractivity contribution >= 4 is 6.21 Å². The number of likely N-dealkylation sites (N-methyl/N-ethyl adjacent to an activating group) is 1. The molecule has 170 valence electrons. The van der Waals surface area contributed by atoms with Crippen LogP contribution in [0.4, 0.5) is 0 Å². The van der Waals surface area contributed by atoms with Crippen molar-refractivity contribution in [2.24, 2.45) is 33.7 Å². The zero-order chi connectivity index (χ0) is 21.6. The highest BCUT2D eigenvalue weighted by molar-refractivity contribution is 5.72. The highest BCUT2D eigenvalue weighted by Crippen LogP contribution is 2.68. The highest BCUT2D eigenvalue weighted by Gasteiger charge is 2.65. The molecule has 0 saturated heterocycles. The number of hydrogen-bond donors (Lipinski definition) is 2. The van der Waals surface area contributed by atoms with E-state index < -0.39 is 5.60 Å². The normalized spacial score (nSPS) is 47.4. The van der Waals surface area contributed by atoms with Crippen LogP contribution in [0.1, 0.15) is 71.6 Å². The summed E-state index contributed by atoms with van der Waals surface area (Å²) in [6, 6.07) is 0. The lowest BCUT2D eigenvalue weighted by molar-refractivity contribution is -0.195. The summed E-state index contributed by atoms with van der Waals surface area (Å²) in [5.41, 5.74) is 0.870. The van der Waals surface area contributed by atoms with Crippen molar-refractivity contribution in [1.82, 2.24) is 4.90 Å². The summed E-state index contributed by atoms with van der Waals surface area (Å²) in [5, 5.41) is 26.5. The van der Waals surface area contributed by atoms with Gasteiger partial charge in [0.05, 0.1) is 17.9 Å². The number of hydrogen-bond acceptors (Lipinski definition) is 5. The van der Waals surface area contributed by atoms with E-state index in [2.05, 4.69) is 30.0 Å². The lowest BCUT2D eigenvalue weighted by Gasteiger charge is -2.63. The van der Waals surface area contributed by atoms with Gasteiger partial charge in [-0.25, -0.2) is 0 Å². The first-order chi connectivity index (χ1) is 14.2. The van der Waals surface area contributed by atoms with E-state index in [4.69, 9.17) is 4.84 Å². The minimum atomic E-state index is -0.606. The fourth-order valence-electron chi connectivity index (χ4n) is 7.75. The second-order valence-corrected chi connectivity index (χ2v) is 11.3. The Labute approximate surface area is 182 Å². The fraction of sp³-hybridized carbons (Fsp3) is 0.880. The maximum atomic E-state index is 12.1. The van der Waals surface area contributed by atoms with Gasteiger partial charge in [0.2, 0.25) is 0 Å². The van der Waals surface area contributed by atoms with Crippen LogP contribution in [0.2, 0.25) is 0 Å². The number of allylic oxidation sites excluding steroid dienone is 1. The molecular formula is C25H42N2O3. The molecular weight excluding hydrogens is 376 g/mol. The lowest BCUT2D eigenvalue weighted by atomic mass is 9.43. The van der Waals surface area contributed by atoms with Crippen molar-refractivity contribution in [1.29, 1.82) is 0 Å². The lowest BCUT2D eigenvalue weighted by Crippen LogP contribution is -2.61. The Morgan fingerprint density at radius 2 is 1.90 bits per heavy atom. The van der Waals surface area contributed by atoms with Gasteiger partial charge in [-0.05, 0) is 101 Å². The van der Waals surface area contributed by atoms with Gasteiger partial charge in [0.1, 0.15) is 6.61 Å². The van der Waals surface area contributed by atoms with Crippen molar-refractivity contribution in [2.75, 3.05) is 27.2 Å². The van der Waals surface area contributed by atoms with Gasteiger partial charge in [-0.3, -0.25) is 0 Å². The molecule has 0 aromatic carbocycles. The Balaban J connectivity index is 1.49. The molecule has 4 aliphatic carbocycles. The second kappa shape index (κ2) is 8.22. The molecule has 0 aromatic heterocycles. The predicted octanol–water partition coefficient (Wildman–Crippen LogP) is 4.00. The van der Waals surface area contributed by atoms with Crippen LogP contribution >= 0.6 is 0 Å². The van der Waals surface area contributed by atoms with E-state index >= 15 is 0 Å². The van der Waals surface area contributed by atoms with Crippen LogP contribution in [0.25, 0.3) is 0 Å². The Hall–Kier alpha value is -0.910. The van der Waals surface area contributed by atoms with Crippen molar-refractivity contribution < 1.29 is 15.1 Å². The number of nitrogens with zero attached hydrogens (tertiary/aromatic N) is 2. The first-order valence-corrected chi connectivity index (χ1v) is 12.1. The molecule has 0 radical (unpaired) electrons. The molecule has 30 heavy (non-hydrogen) atoms. The number of oxime groups is 1. The third kappa shape index (κ3) is 3.55. The van der Waals surface area contributed by atoms with E-state index in [0.717, 1.165) is 57.9 Å². The minimum absolute atomic E-state index is 0.114. The molecule has 0 unspecified atom stereocenters. The van der Waals surface area contributed by atoms with E-state index in [1.165, 1.54) is 12.0 Å². The molecule has 4 rings (SSSR count). The number of fused-ring (bicyclic) bond motifs is 5. The third-order valence-electron chi connectivity index (χ3n) is 9.71. The van der Waals surface area contributed by atoms with Gasteiger partial charge >= 0.3 is 0 Å². The van der Waals surface area contributed by atoms with Gasteiger partial charge in [-0.2, -0.15) is 0 Å². The van der Waals surface area contributed by atoms with Crippen LogP contribution in [0, 0.1) is 28.6 Å². The SMILES string of the molecule is CN(C)CCO/N=C/C=C1\CC[C@]2(O)[C@@H]3CC[C@@H]4C[C@@H](O)CC[C@]4(C)[C@H]3CC[C@]12C. The maximum absolute atomic E-state index is 12.1.